The molecule has 0 bridgehead atoms. The summed E-state index contributed by atoms with van der Waals surface area (Å²) in [5.41, 5.74) is 0.655. The smallest absolute Gasteiger partial charge is 0.333 e. The van der Waals surface area contributed by atoms with Gasteiger partial charge >= 0.3 is 11.9 Å². The summed E-state index contributed by atoms with van der Waals surface area (Å²) in [6.45, 7) is 7.61. The van der Waals surface area contributed by atoms with E-state index in [1.165, 1.54) is 0 Å². The molecule has 2 heterocycles. The third-order valence-electron chi connectivity index (χ3n) is 4.76. The van der Waals surface area contributed by atoms with Gasteiger partial charge in [0.05, 0.1) is 0 Å². The Morgan fingerprint density at radius 3 is 1.56 bits per heavy atom. The van der Waals surface area contributed by atoms with Gasteiger partial charge in [-0.3, -0.25) is 0 Å². The van der Waals surface area contributed by atoms with E-state index in [1.54, 1.807) is 13.8 Å². The van der Waals surface area contributed by atoms with Crippen molar-refractivity contribution in [2.24, 2.45) is 10.8 Å². The summed E-state index contributed by atoms with van der Waals surface area (Å²) in [4.78, 5) is 23.2. The average molecular weight is 248 g/mol. The van der Waals surface area contributed by atoms with Gasteiger partial charge in [-0.2, -0.15) is 0 Å². The van der Waals surface area contributed by atoms with Crippen LogP contribution in [0.15, 0.2) is 23.3 Å². The van der Waals surface area contributed by atoms with E-state index in [1.807, 2.05) is 26.0 Å². The lowest BCUT2D eigenvalue weighted by atomic mass is 9.45. The van der Waals surface area contributed by atoms with Crippen LogP contribution in [0.4, 0.5) is 0 Å². The van der Waals surface area contributed by atoms with Crippen molar-refractivity contribution in [3.63, 3.8) is 0 Å². The first-order chi connectivity index (χ1) is 8.29. The Kier molecular flexibility index (Phi) is 1.95. The summed E-state index contributed by atoms with van der Waals surface area (Å²) in [6, 6.07) is 0. The summed E-state index contributed by atoms with van der Waals surface area (Å²) in [5.74, 6) is -0.635. The van der Waals surface area contributed by atoms with Crippen molar-refractivity contribution in [3.8, 4) is 0 Å². The first-order valence-electron chi connectivity index (χ1n) is 6.10. The first-order valence-corrected chi connectivity index (χ1v) is 6.10. The third-order valence-corrected chi connectivity index (χ3v) is 4.76. The molecule has 0 spiro atoms. The van der Waals surface area contributed by atoms with Crippen LogP contribution in [0, 0.1) is 10.8 Å². The Bertz CT molecular complexity index is 482. The van der Waals surface area contributed by atoms with E-state index in [2.05, 4.69) is 0 Å². The van der Waals surface area contributed by atoms with Crippen LogP contribution in [0.1, 0.15) is 27.7 Å². The second-order valence-electron chi connectivity index (χ2n) is 5.87. The molecule has 1 saturated carbocycles. The van der Waals surface area contributed by atoms with Gasteiger partial charge in [0.25, 0.3) is 0 Å². The van der Waals surface area contributed by atoms with Crippen LogP contribution in [0.2, 0.25) is 0 Å². The topological polar surface area (TPSA) is 52.6 Å². The summed E-state index contributed by atoms with van der Waals surface area (Å²) < 4.78 is 10.8. The number of rotatable bonds is 0. The van der Waals surface area contributed by atoms with Gasteiger partial charge in [-0.1, -0.05) is 26.0 Å². The highest BCUT2D eigenvalue weighted by molar-refractivity contribution is 5.91. The summed E-state index contributed by atoms with van der Waals surface area (Å²) in [7, 11) is 0. The number of carbonyl (C=O) groups excluding carboxylic acids is 2. The molecule has 96 valence electrons. The van der Waals surface area contributed by atoms with Gasteiger partial charge in [0.15, 0.2) is 0 Å². The molecule has 0 aromatic heterocycles. The van der Waals surface area contributed by atoms with E-state index in [9.17, 15) is 9.59 Å². The number of hydrogen-bond acceptors (Lipinski definition) is 4. The lowest BCUT2D eigenvalue weighted by molar-refractivity contribution is -0.254. The van der Waals surface area contributed by atoms with Crippen LogP contribution >= 0.6 is 0 Å². The van der Waals surface area contributed by atoms with Gasteiger partial charge in [-0.15, -0.1) is 0 Å². The SMILES string of the molecule is CC1=CC2(C)C(OC1=O)C1OC(=O)C(C)=CC12C. The van der Waals surface area contributed by atoms with Crippen molar-refractivity contribution in [2.45, 2.75) is 39.9 Å². The molecular formula is C14H16O4. The van der Waals surface area contributed by atoms with E-state index in [4.69, 9.17) is 9.47 Å². The third kappa shape index (κ3) is 1.06. The van der Waals surface area contributed by atoms with E-state index >= 15 is 0 Å². The normalized spacial score (nSPS) is 45.8. The summed E-state index contributed by atoms with van der Waals surface area (Å²) >= 11 is 0. The van der Waals surface area contributed by atoms with Gasteiger partial charge in [-0.25, -0.2) is 9.59 Å². The Morgan fingerprint density at radius 2 is 1.22 bits per heavy atom. The predicted molar refractivity (Wildman–Crippen MR) is 63.5 cm³/mol. The zero-order valence-electron chi connectivity index (χ0n) is 10.9. The second kappa shape index (κ2) is 3.05. The standard InChI is InChI=1S/C14H16O4/c1-7-5-13(3)9(17-11(7)15)10-14(13,4)6-8(2)12(16)18-10/h5-6,9-10H,1-4H3. The minimum atomic E-state index is -0.369. The molecule has 4 unspecified atom stereocenters. The maximum Gasteiger partial charge on any atom is 0.333 e. The van der Waals surface area contributed by atoms with Crippen LogP contribution in [-0.2, 0) is 19.1 Å². The maximum atomic E-state index is 11.6. The fraction of sp³-hybridized carbons (Fsp3) is 0.571. The fourth-order valence-electron chi connectivity index (χ4n) is 3.42. The fourth-order valence-corrected chi connectivity index (χ4v) is 3.42. The highest BCUT2D eigenvalue weighted by Crippen LogP contribution is 2.64. The second-order valence-corrected chi connectivity index (χ2v) is 5.87. The minimum absolute atomic E-state index is 0.294. The van der Waals surface area contributed by atoms with Crippen molar-refractivity contribution in [1.29, 1.82) is 0 Å². The van der Waals surface area contributed by atoms with Crippen LogP contribution in [0.25, 0.3) is 0 Å². The summed E-state index contributed by atoms with van der Waals surface area (Å²) in [5, 5.41) is 0. The van der Waals surface area contributed by atoms with Gasteiger partial charge in [0, 0.05) is 22.0 Å². The number of fused-ring (bicyclic) bond motifs is 4. The van der Waals surface area contributed by atoms with Gasteiger partial charge in [0.1, 0.15) is 12.2 Å². The molecule has 1 fully saturated rings. The molecule has 0 aromatic rings. The zero-order chi connectivity index (χ0) is 13.3. The Balaban J connectivity index is 2.12. The maximum absolute atomic E-state index is 11.6. The van der Waals surface area contributed by atoms with Crippen molar-refractivity contribution in [1.82, 2.24) is 0 Å². The quantitative estimate of drug-likeness (QED) is 0.613. The molecule has 0 radical (unpaired) electrons. The van der Waals surface area contributed by atoms with Crippen molar-refractivity contribution >= 4 is 11.9 Å². The van der Waals surface area contributed by atoms with Crippen LogP contribution in [0.5, 0.6) is 0 Å². The molecule has 2 aliphatic heterocycles. The largest absolute Gasteiger partial charge is 0.454 e. The molecule has 0 amide bonds. The number of hydrogen-bond donors (Lipinski definition) is 0. The number of esters is 2. The lowest BCUT2D eigenvalue weighted by Gasteiger charge is -2.64. The van der Waals surface area contributed by atoms with Crippen LogP contribution < -0.4 is 0 Å². The molecule has 0 saturated heterocycles. The average Bonchev–Trinajstić information content (AvgIpc) is 2.29. The highest BCUT2D eigenvalue weighted by atomic mass is 16.6. The lowest BCUT2D eigenvalue weighted by Crippen LogP contribution is -2.73. The molecule has 4 atom stereocenters. The van der Waals surface area contributed by atoms with Crippen molar-refractivity contribution in [2.75, 3.05) is 0 Å². The van der Waals surface area contributed by atoms with E-state index in [-0.39, 0.29) is 35.0 Å². The van der Waals surface area contributed by atoms with Gasteiger partial charge < -0.3 is 9.47 Å². The van der Waals surface area contributed by atoms with Crippen molar-refractivity contribution < 1.29 is 19.1 Å². The van der Waals surface area contributed by atoms with Gasteiger partial charge in [-0.05, 0) is 13.8 Å². The molecule has 3 aliphatic rings. The van der Waals surface area contributed by atoms with Gasteiger partial charge in [0.2, 0.25) is 0 Å². The molecule has 18 heavy (non-hydrogen) atoms. The summed E-state index contributed by atoms with van der Waals surface area (Å²) in [6.07, 6.45) is 3.19. The zero-order valence-corrected chi connectivity index (χ0v) is 10.9. The van der Waals surface area contributed by atoms with E-state index in [0.29, 0.717) is 11.1 Å². The minimum Gasteiger partial charge on any atom is -0.454 e. The Labute approximate surface area is 106 Å². The Morgan fingerprint density at radius 1 is 0.889 bits per heavy atom. The molecule has 0 aromatic carbocycles. The predicted octanol–water partition coefficient (Wildman–Crippen LogP) is 1.76. The van der Waals surface area contributed by atoms with E-state index in [0.717, 1.165) is 0 Å². The molecule has 0 N–H and O–H groups in total. The molecule has 4 heteroatoms. The molecule has 1 aliphatic carbocycles. The van der Waals surface area contributed by atoms with Crippen LogP contribution in [0.3, 0.4) is 0 Å². The number of carbonyl (C=O) groups is 2. The molecule has 3 rings (SSSR count). The molecule has 4 nitrogen and oxygen atoms in total. The van der Waals surface area contributed by atoms with Crippen LogP contribution in [-0.4, -0.2) is 24.1 Å². The Hall–Kier alpha value is -1.58. The van der Waals surface area contributed by atoms with Crippen molar-refractivity contribution in [3.05, 3.63) is 23.3 Å². The first kappa shape index (κ1) is 11.5. The highest BCUT2D eigenvalue weighted by Gasteiger charge is 2.71. The monoisotopic (exact) mass is 248 g/mol. The number of ether oxygens (including phenoxy) is 2. The molecular weight excluding hydrogens is 232 g/mol. The van der Waals surface area contributed by atoms with E-state index < -0.39 is 0 Å².